The summed E-state index contributed by atoms with van der Waals surface area (Å²) >= 11 is 0. The Morgan fingerprint density at radius 2 is 1.92 bits per heavy atom. The number of ether oxygens (including phenoxy) is 1. The summed E-state index contributed by atoms with van der Waals surface area (Å²) in [6.45, 7) is 5.60. The normalized spacial score (nSPS) is 11.7. The molecule has 1 aromatic carbocycles. The first kappa shape index (κ1) is 16.2. The predicted octanol–water partition coefficient (Wildman–Crippen LogP) is 1.86. The largest absolute Gasteiger partial charge is 0.497 e. The first-order chi connectivity index (χ1) is 11.3. The average Bonchev–Trinajstić information content (AvgIpc) is 2.97. The Morgan fingerprint density at radius 1 is 1.17 bits per heavy atom. The number of sulfonamides is 1. The highest BCUT2D eigenvalue weighted by molar-refractivity contribution is 7.92. The van der Waals surface area contributed by atoms with E-state index in [1.54, 1.807) is 24.3 Å². The van der Waals surface area contributed by atoms with Crippen LogP contribution < -0.4 is 9.46 Å². The number of nitrogens with zero attached hydrogens (tertiary/aromatic N) is 4. The number of aromatic nitrogens is 4. The van der Waals surface area contributed by atoms with Crippen LogP contribution in [0.5, 0.6) is 5.75 Å². The van der Waals surface area contributed by atoms with Crippen molar-refractivity contribution in [1.29, 1.82) is 0 Å². The second kappa shape index (κ2) is 5.75. The van der Waals surface area contributed by atoms with E-state index in [-0.39, 0.29) is 10.9 Å². The molecule has 9 heteroatoms. The van der Waals surface area contributed by atoms with Gasteiger partial charge in [0, 0.05) is 17.5 Å². The molecule has 0 bridgehead atoms. The van der Waals surface area contributed by atoms with E-state index >= 15 is 0 Å². The van der Waals surface area contributed by atoms with Gasteiger partial charge in [0.1, 0.15) is 5.75 Å². The van der Waals surface area contributed by atoms with Gasteiger partial charge >= 0.3 is 0 Å². The number of rotatable bonds is 4. The molecule has 24 heavy (non-hydrogen) atoms. The van der Waals surface area contributed by atoms with E-state index < -0.39 is 10.0 Å². The molecule has 2 aromatic heterocycles. The molecule has 0 unspecified atom stereocenters. The van der Waals surface area contributed by atoms with E-state index in [0.29, 0.717) is 11.4 Å². The second-order valence-corrected chi connectivity index (χ2v) is 6.93. The fourth-order valence-electron chi connectivity index (χ4n) is 2.24. The van der Waals surface area contributed by atoms with Crippen LogP contribution in [-0.2, 0) is 10.0 Å². The van der Waals surface area contributed by atoms with Crippen LogP contribution in [0.4, 0.5) is 5.69 Å². The van der Waals surface area contributed by atoms with Gasteiger partial charge in [-0.05, 0) is 38.5 Å². The molecule has 0 aliphatic carbocycles. The predicted molar refractivity (Wildman–Crippen MR) is 88.8 cm³/mol. The van der Waals surface area contributed by atoms with E-state index in [0.717, 1.165) is 17.0 Å². The van der Waals surface area contributed by atoms with E-state index in [2.05, 4.69) is 19.8 Å². The van der Waals surface area contributed by atoms with Crippen molar-refractivity contribution in [1.82, 2.24) is 19.6 Å². The molecular weight excluding hydrogens is 330 g/mol. The number of hydrogen-bond acceptors (Lipinski definition) is 6. The van der Waals surface area contributed by atoms with Crippen LogP contribution in [0.25, 0.3) is 5.78 Å². The highest BCUT2D eigenvalue weighted by Gasteiger charge is 2.22. The van der Waals surface area contributed by atoms with Crippen LogP contribution in [0.3, 0.4) is 0 Å². The second-order valence-electron chi connectivity index (χ2n) is 5.35. The SMILES string of the molecule is COc1cccc(NS(=O)(=O)c2nc3nc(C)c(C)c(C)n3n2)c1. The molecule has 8 nitrogen and oxygen atoms in total. The average molecular weight is 347 g/mol. The van der Waals surface area contributed by atoms with Gasteiger partial charge in [0.25, 0.3) is 21.0 Å². The van der Waals surface area contributed by atoms with E-state index in [9.17, 15) is 8.42 Å². The summed E-state index contributed by atoms with van der Waals surface area (Å²) in [5.41, 5.74) is 2.90. The Balaban J connectivity index is 2.03. The Labute approximate surface area is 139 Å². The zero-order valence-electron chi connectivity index (χ0n) is 13.7. The van der Waals surface area contributed by atoms with Crippen LogP contribution in [0.2, 0.25) is 0 Å². The third-order valence-electron chi connectivity index (χ3n) is 3.80. The molecule has 126 valence electrons. The summed E-state index contributed by atoms with van der Waals surface area (Å²) in [4.78, 5) is 8.33. The summed E-state index contributed by atoms with van der Waals surface area (Å²) in [6.07, 6.45) is 0. The molecule has 1 N–H and O–H groups in total. The number of aryl methyl sites for hydroxylation is 2. The zero-order valence-corrected chi connectivity index (χ0v) is 14.5. The van der Waals surface area contributed by atoms with Gasteiger partial charge in [-0.3, -0.25) is 4.72 Å². The molecule has 3 rings (SSSR count). The van der Waals surface area contributed by atoms with Crippen molar-refractivity contribution in [3.63, 3.8) is 0 Å². The molecule has 0 aliphatic rings. The molecule has 2 heterocycles. The lowest BCUT2D eigenvalue weighted by Crippen LogP contribution is -2.15. The maximum absolute atomic E-state index is 12.5. The van der Waals surface area contributed by atoms with Crippen molar-refractivity contribution in [3.05, 3.63) is 41.2 Å². The lowest BCUT2D eigenvalue weighted by Gasteiger charge is -2.06. The van der Waals surface area contributed by atoms with E-state index in [1.807, 2.05) is 20.8 Å². The van der Waals surface area contributed by atoms with Crippen molar-refractivity contribution in [2.45, 2.75) is 25.9 Å². The monoisotopic (exact) mass is 347 g/mol. The van der Waals surface area contributed by atoms with Crippen LogP contribution in [-0.4, -0.2) is 35.1 Å². The van der Waals surface area contributed by atoms with Gasteiger partial charge in [-0.25, -0.2) is 4.98 Å². The first-order valence-corrected chi connectivity index (χ1v) is 8.67. The Hall–Kier alpha value is -2.68. The zero-order chi connectivity index (χ0) is 17.5. The standard InChI is InChI=1S/C15H17N5O3S/c1-9-10(2)16-14-17-15(18-20(14)11(9)3)24(21,22)19-12-6-5-7-13(8-12)23-4/h5-8,19H,1-4H3. The fourth-order valence-corrected chi connectivity index (χ4v) is 3.16. The highest BCUT2D eigenvalue weighted by Crippen LogP contribution is 2.20. The summed E-state index contributed by atoms with van der Waals surface area (Å²) in [6, 6.07) is 6.60. The molecular formula is C15H17N5O3S. The van der Waals surface area contributed by atoms with Crippen molar-refractivity contribution in [2.24, 2.45) is 0 Å². The molecule has 0 saturated carbocycles. The van der Waals surface area contributed by atoms with Gasteiger partial charge in [-0.1, -0.05) is 6.07 Å². The molecule has 0 atom stereocenters. The Bertz CT molecular complexity index is 1030. The number of fused-ring (bicyclic) bond motifs is 1. The van der Waals surface area contributed by atoms with Crippen LogP contribution in [0, 0.1) is 20.8 Å². The lowest BCUT2D eigenvalue weighted by molar-refractivity contribution is 0.415. The third kappa shape index (κ3) is 2.78. The molecule has 0 fully saturated rings. The fraction of sp³-hybridized carbons (Fsp3) is 0.267. The minimum absolute atomic E-state index is 0.251. The lowest BCUT2D eigenvalue weighted by atomic mass is 10.2. The minimum Gasteiger partial charge on any atom is -0.497 e. The maximum atomic E-state index is 12.5. The van der Waals surface area contributed by atoms with Crippen LogP contribution >= 0.6 is 0 Å². The molecule has 0 amide bonds. The number of nitrogens with one attached hydrogen (secondary N) is 1. The summed E-state index contributed by atoms with van der Waals surface area (Å²) < 4.78 is 34.0. The van der Waals surface area contributed by atoms with Crippen molar-refractivity contribution in [3.8, 4) is 5.75 Å². The van der Waals surface area contributed by atoms with Crippen molar-refractivity contribution >= 4 is 21.5 Å². The third-order valence-corrected chi connectivity index (χ3v) is 4.96. The number of anilines is 1. The molecule has 0 aliphatic heterocycles. The van der Waals surface area contributed by atoms with E-state index in [4.69, 9.17) is 4.74 Å². The van der Waals surface area contributed by atoms with E-state index in [1.165, 1.54) is 11.6 Å². The topological polar surface area (TPSA) is 98.5 Å². The van der Waals surface area contributed by atoms with Gasteiger partial charge in [-0.2, -0.15) is 17.9 Å². The van der Waals surface area contributed by atoms with Gasteiger partial charge in [0.15, 0.2) is 0 Å². The van der Waals surface area contributed by atoms with Gasteiger partial charge < -0.3 is 4.74 Å². The molecule has 0 spiro atoms. The van der Waals surface area contributed by atoms with Gasteiger partial charge in [-0.15, -0.1) is 5.10 Å². The number of hydrogen-bond donors (Lipinski definition) is 1. The maximum Gasteiger partial charge on any atom is 0.299 e. The molecule has 0 radical (unpaired) electrons. The quantitative estimate of drug-likeness (QED) is 0.773. The number of benzene rings is 1. The molecule has 3 aromatic rings. The first-order valence-electron chi connectivity index (χ1n) is 7.19. The molecule has 0 saturated heterocycles. The van der Waals surface area contributed by atoms with Gasteiger partial charge in [0.05, 0.1) is 12.8 Å². The van der Waals surface area contributed by atoms with Crippen molar-refractivity contribution in [2.75, 3.05) is 11.8 Å². The summed E-state index contributed by atoms with van der Waals surface area (Å²) in [5, 5.41) is 3.76. The van der Waals surface area contributed by atoms with Gasteiger partial charge in [0.2, 0.25) is 0 Å². The van der Waals surface area contributed by atoms with Crippen molar-refractivity contribution < 1.29 is 13.2 Å². The van der Waals surface area contributed by atoms with Crippen LogP contribution in [0.1, 0.15) is 17.0 Å². The Morgan fingerprint density at radius 3 is 2.62 bits per heavy atom. The summed E-state index contributed by atoms with van der Waals surface area (Å²) in [5.74, 6) is 0.795. The Kier molecular flexibility index (Phi) is 3.88. The summed E-state index contributed by atoms with van der Waals surface area (Å²) in [7, 11) is -2.42. The smallest absolute Gasteiger partial charge is 0.299 e. The highest BCUT2D eigenvalue weighted by atomic mass is 32.2. The minimum atomic E-state index is -3.93. The van der Waals surface area contributed by atoms with Crippen LogP contribution in [0.15, 0.2) is 29.4 Å². The number of methoxy groups -OCH3 is 1.